The van der Waals surface area contributed by atoms with Crippen LogP contribution in [-0.4, -0.2) is 23.6 Å². The van der Waals surface area contributed by atoms with Gasteiger partial charge in [-0.05, 0) is 19.1 Å². The lowest BCUT2D eigenvalue weighted by Gasteiger charge is -2.06. The monoisotopic (exact) mass is 226 g/mol. The maximum Gasteiger partial charge on any atom is 0.195 e. The third-order valence-electron chi connectivity index (χ3n) is 1.76. The molecule has 0 saturated heterocycles. The van der Waals surface area contributed by atoms with Gasteiger partial charge in [0.1, 0.15) is 12.4 Å². The summed E-state index contributed by atoms with van der Waals surface area (Å²) >= 11 is 5.55. The molecule has 0 aromatic heterocycles. The molecule has 1 unspecified atom stereocenters. The molecule has 0 bridgehead atoms. The van der Waals surface area contributed by atoms with E-state index in [0.29, 0.717) is 5.75 Å². The molecule has 0 N–H and O–H groups in total. The minimum absolute atomic E-state index is 0.183. The number of hydrogen-bond acceptors (Lipinski definition) is 3. The van der Waals surface area contributed by atoms with Crippen LogP contribution in [0, 0.1) is 0 Å². The highest BCUT2D eigenvalue weighted by molar-refractivity contribution is 6.42. The zero-order valence-corrected chi connectivity index (χ0v) is 9.03. The van der Waals surface area contributed by atoms with Crippen molar-refractivity contribution in [1.29, 1.82) is 0 Å². The predicted molar refractivity (Wildman–Crippen MR) is 57.3 cm³/mol. The van der Waals surface area contributed by atoms with E-state index in [-0.39, 0.29) is 12.4 Å². The minimum atomic E-state index is -1.10. The van der Waals surface area contributed by atoms with Crippen LogP contribution in [0.5, 0.6) is 5.75 Å². The van der Waals surface area contributed by atoms with Gasteiger partial charge in [0.25, 0.3) is 0 Å². The van der Waals surface area contributed by atoms with Crippen molar-refractivity contribution in [3.63, 3.8) is 0 Å². The van der Waals surface area contributed by atoms with Gasteiger partial charge >= 0.3 is 0 Å². The normalized spacial score (nSPS) is 11.9. The Balaban J connectivity index is 2.44. The van der Waals surface area contributed by atoms with Crippen LogP contribution in [-0.2, 0) is 9.59 Å². The molecule has 1 rings (SSSR count). The summed E-state index contributed by atoms with van der Waals surface area (Å²) in [6.07, 6.45) is 0. The third kappa shape index (κ3) is 3.72. The van der Waals surface area contributed by atoms with Crippen LogP contribution in [0.25, 0.3) is 0 Å². The number of benzene rings is 1. The smallest absolute Gasteiger partial charge is 0.195 e. The molecule has 0 radical (unpaired) electrons. The van der Waals surface area contributed by atoms with Crippen molar-refractivity contribution in [3.05, 3.63) is 30.3 Å². The molecule has 4 heteroatoms. The first-order valence-electron chi connectivity index (χ1n) is 4.46. The summed E-state index contributed by atoms with van der Waals surface area (Å²) in [6.45, 7) is 1.09. The number of carbonyl (C=O) groups is 2. The van der Waals surface area contributed by atoms with Crippen LogP contribution < -0.4 is 4.74 Å². The highest BCUT2D eigenvalue weighted by atomic mass is 35.5. The van der Waals surface area contributed by atoms with Crippen molar-refractivity contribution in [2.45, 2.75) is 12.3 Å². The Morgan fingerprint density at radius 3 is 2.47 bits per heavy atom. The molecular formula is C11H11ClO3. The quantitative estimate of drug-likeness (QED) is 0.568. The first-order chi connectivity index (χ1) is 7.11. The van der Waals surface area contributed by atoms with Gasteiger partial charge in [-0.1, -0.05) is 18.2 Å². The van der Waals surface area contributed by atoms with E-state index in [9.17, 15) is 9.59 Å². The lowest BCUT2D eigenvalue weighted by atomic mass is 10.2. The number of rotatable bonds is 5. The number of alkyl halides is 1. The van der Waals surface area contributed by atoms with E-state index in [1.807, 2.05) is 6.07 Å². The summed E-state index contributed by atoms with van der Waals surface area (Å²) in [4.78, 5) is 22.1. The SMILES string of the molecule is CC(=O)C(Cl)C(=O)COc1ccccc1. The van der Waals surface area contributed by atoms with Gasteiger partial charge in [0.05, 0.1) is 0 Å². The number of carbonyl (C=O) groups excluding carboxylic acids is 2. The van der Waals surface area contributed by atoms with Gasteiger partial charge in [0.15, 0.2) is 16.9 Å². The number of para-hydroxylation sites is 1. The van der Waals surface area contributed by atoms with Crippen LogP contribution in [0.1, 0.15) is 6.92 Å². The van der Waals surface area contributed by atoms with E-state index in [1.165, 1.54) is 6.92 Å². The van der Waals surface area contributed by atoms with Crippen LogP contribution in [0.2, 0.25) is 0 Å². The average molecular weight is 227 g/mol. The Kier molecular flexibility index (Phi) is 4.31. The van der Waals surface area contributed by atoms with Crippen LogP contribution in [0.4, 0.5) is 0 Å². The highest BCUT2D eigenvalue weighted by Crippen LogP contribution is 2.09. The molecule has 0 fully saturated rings. The van der Waals surface area contributed by atoms with Crippen molar-refractivity contribution in [3.8, 4) is 5.75 Å². The largest absolute Gasteiger partial charge is 0.486 e. The molecule has 0 aliphatic rings. The predicted octanol–water partition coefficient (Wildman–Crippen LogP) is 1.83. The van der Waals surface area contributed by atoms with Gasteiger partial charge in [-0.2, -0.15) is 0 Å². The molecule has 0 amide bonds. The topological polar surface area (TPSA) is 43.4 Å². The van der Waals surface area contributed by atoms with Gasteiger partial charge in [-0.15, -0.1) is 11.6 Å². The maximum atomic E-state index is 11.3. The summed E-state index contributed by atoms with van der Waals surface area (Å²) in [7, 11) is 0. The number of hydrogen-bond donors (Lipinski definition) is 0. The molecule has 0 heterocycles. The van der Waals surface area contributed by atoms with E-state index < -0.39 is 11.2 Å². The van der Waals surface area contributed by atoms with Gasteiger partial charge < -0.3 is 4.74 Å². The lowest BCUT2D eigenvalue weighted by molar-refractivity contribution is -0.126. The first-order valence-corrected chi connectivity index (χ1v) is 4.90. The van der Waals surface area contributed by atoms with E-state index >= 15 is 0 Å². The maximum absolute atomic E-state index is 11.3. The molecule has 3 nitrogen and oxygen atoms in total. The Labute approximate surface area is 93.0 Å². The van der Waals surface area contributed by atoms with Gasteiger partial charge in [0, 0.05) is 0 Å². The van der Waals surface area contributed by atoms with Gasteiger partial charge in [-0.25, -0.2) is 0 Å². The number of Topliss-reactive ketones (excluding diaryl/α,β-unsaturated/α-hetero) is 2. The standard InChI is InChI=1S/C11H11ClO3/c1-8(13)11(12)10(14)7-15-9-5-3-2-4-6-9/h2-6,11H,7H2,1H3. The molecule has 1 atom stereocenters. The van der Waals surface area contributed by atoms with Crippen LogP contribution in [0.3, 0.4) is 0 Å². The fraction of sp³-hybridized carbons (Fsp3) is 0.273. The second kappa shape index (κ2) is 5.51. The molecule has 15 heavy (non-hydrogen) atoms. The molecule has 0 aliphatic heterocycles. The van der Waals surface area contributed by atoms with Gasteiger partial charge in [-0.3, -0.25) is 9.59 Å². The van der Waals surface area contributed by atoms with Gasteiger partial charge in [0.2, 0.25) is 0 Å². The summed E-state index contributed by atoms with van der Waals surface area (Å²) in [5.74, 6) is -0.204. The molecule has 1 aromatic rings. The third-order valence-corrected chi connectivity index (χ3v) is 2.31. The van der Waals surface area contributed by atoms with Crippen molar-refractivity contribution in [1.82, 2.24) is 0 Å². The van der Waals surface area contributed by atoms with E-state index in [4.69, 9.17) is 16.3 Å². The summed E-state index contributed by atoms with van der Waals surface area (Å²) in [5, 5.41) is -1.10. The minimum Gasteiger partial charge on any atom is -0.486 e. The molecule has 0 saturated carbocycles. The molecular weight excluding hydrogens is 216 g/mol. The van der Waals surface area contributed by atoms with Crippen LogP contribution >= 0.6 is 11.6 Å². The van der Waals surface area contributed by atoms with E-state index in [2.05, 4.69) is 0 Å². The number of ether oxygens (including phenoxy) is 1. The van der Waals surface area contributed by atoms with E-state index in [1.54, 1.807) is 24.3 Å². The Bertz CT molecular complexity index is 348. The van der Waals surface area contributed by atoms with Crippen molar-refractivity contribution in [2.24, 2.45) is 0 Å². The zero-order chi connectivity index (χ0) is 11.3. The number of halogens is 1. The second-order valence-electron chi connectivity index (χ2n) is 3.04. The second-order valence-corrected chi connectivity index (χ2v) is 3.48. The Morgan fingerprint density at radius 1 is 1.33 bits per heavy atom. The fourth-order valence-corrected chi connectivity index (χ4v) is 1.03. The highest BCUT2D eigenvalue weighted by Gasteiger charge is 2.20. The summed E-state index contributed by atoms with van der Waals surface area (Å²) in [5.41, 5.74) is 0. The summed E-state index contributed by atoms with van der Waals surface area (Å²) in [6, 6.07) is 8.88. The Morgan fingerprint density at radius 2 is 1.93 bits per heavy atom. The fourth-order valence-electron chi connectivity index (χ4n) is 0.971. The molecule has 1 aromatic carbocycles. The van der Waals surface area contributed by atoms with Crippen molar-refractivity contribution >= 4 is 23.2 Å². The van der Waals surface area contributed by atoms with Crippen LogP contribution in [0.15, 0.2) is 30.3 Å². The van der Waals surface area contributed by atoms with Crippen molar-refractivity contribution < 1.29 is 14.3 Å². The van der Waals surface area contributed by atoms with Crippen molar-refractivity contribution in [2.75, 3.05) is 6.61 Å². The number of ketones is 2. The molecule has 0 aliphatic carbocycles. The van der Waals surface area contributed by atoms with E-state index in [0.717, 1.165) is 0 Å². The Hall–Kier alpha value is -1.35. The molecule has 80 valence electrons. The molecule has 0 spiro atoms. The first kappa shape index (κ1) is 11.7. The zero-order valence-electron chi connectivity index (χ0n) is 8.27. The summed E-state index contributed by atoms with van der Waals surface area (Å²) < 4.78 is 5.15. The lowest BCUT2D eigenvalue weighted by Crippen LogP contribution is -2.27. The average Bonchev–Trinajstić information content (AvgIpc) is 2.26.